The predicted octanol–water partition coefficient (Wildman–Crippen LogP) is 11.9. The van der Waals surface area contributed by atoms with Crippen LogP contribution in [0, 0.1) is 0 Å². The molecule has 0 amide bonds. The lowest BCUT2D eigenvalue weighted by molar-refractivity contribution is 0.538. The Kier molecular flexibility index (Phi) is 40.8. The van der Waals surface area contributed by atoms with E-state index in [1.54, 1.807) is 18.5 Å². The molecule has 0 bridgehead atoms. The van der Waals surface area contributed by atoms with Crippen molar-refractivity contribution in [3.63, 3.8) is 0 Å². The standard InChI is InChI=1S/C16H34.C12H27P.BrH/c1-3-5-7-9-11-13-15-16-14-12-10-8-6-4-2;1-4-7-10-13(11-8-5-2)12-9-6-3;/h3-16H2,1-2H3;4-12H2,1-3H3;1H. The maximum Gasteiger partial charge on any atom is -0.0326 e. The molecular formula is C28H62BrP. The average molecular weight is 510 g/mol. The largest absolute Gasteiger partial charge is 0.114 e. The lowest BCUT2D eigenvalue weighted by atomic mass is 10.0. The van der Waals surface area contributed by atoms with Crippen molar-refractivity contribution >= 4 is 24.9 Å². The van der Waals surface area contributed by atoms with Crippen molar-refractivity contribution in [2.75, 3.05) is 18.5 Å². The molecule has 0 aliphatic carbocycles. The molecule has 0 aromatic carbocycles. The lowest BCUT2D eigenvalue weighted by Crippen LogP contribution is -1.95. The monoisotopic (exact) mass is 508 g/mol. The quantitative estimate of drug-likeness (QED) is 0.101. The lowest BCUT2D eigenvalue weighted by Gasteiger charge is -2.16. The van der Waals surface area contributed by atoms with E-state index in [1.165, 1.54) is 128 Å². The van der Waals surface area contributed by atoms with Gasteiger partial charge in [-0.05, 0) is 37.7 Å². The maximum absolute atomic E-state index is 2.31. The minimum atomic E-state index is 0. The third kappa shape index (κ3) is 33.5. The Morgan fingerprint density at radius 1 is 0.300 bits per heavy atom. The molecule has 0 aliphatic heterocycles. The van der Waals surface area contributed by atoms with Crippen LogP contribution in [0.15, 0.2) is 0 Å². The molecule has 0 nitrogen and oxygen atoms in total. The van der Waals surface area contributed by atoms with Crippen molar-refractivity contribution in [3.05, 3.63) is 0 Å². The fraction of sp³-hybridized carbons (Fsp3) is 1.00. The van der Waals surface area contributed by atoms with Crippen molar-refractivity contribution in [2.24, 2.45) is 0 Å². The highest BCUT2D eigenvalue weighted by Gasteiger charge is 2.05. The molecule has 0 saturated heterocycles. The topological polar surface area (TPSA) is 0 Å². The first-order chi connectivity index (χ1) is 14.3. The van der Waals surface area contributed by atoms with Crippen molar-refractivity contribution in [1.82, 2.24) is 0 Å². The average Bonchev–Trinajstić information content (AvgIpc) is 2.74. The van der Waals surface area contributed by atoms with Crippen molar-refractivity contribution in [3.8, 4) is 0 Å². The van der Waals surface area contributed by atoms with Gasteiger partial charge in [-0.15, -0.1) is 24.9 Å². The smallest absolute Gasteiger partial charge is 0.0326 e. The molecule has 2 heteroatoms. The van der Waals surface area contributed by atoms with Crippen molar-refractivity contribution < 1.29 is 0 Å². The number of hydrogen-bond donors (Lipinski definition) is 0. The number of hydrogen-bond acceptors (Lipinski definition) is 0. The first kappa shape index (κ1) is 35.5. The molecule has 186 valence electrons. The summed E-state index contributed by atoms with van der Waals surface area (Å²) in [6.45, 7) is 11.5. The second-order valence-corrected chi connectivity index (χ2v) is 11.8. The van der Waals surface area contributed by atoms with Gasteiger partial charge in [-0.1, -0.05) is 144 Å². The molecule has 0 fully saturated rings. The molecule has 0 radical (unpaired) electrons. The zero-order valence-corrected chi connectivity index (χ0v) is 24.7. The summed E-state index contributed by atoms with van der Waals surface area (Å²) < 4.78 is 0. The second-order valence-electron chi connectivity index (χ2n) is 9.14. The molecule has 0 rings (SSSR count). The Morgan fingerprint density at radius 2 is 0.500 bits per heavy atom. The minimum Gasteiger partial charge on any atom is -0.114 e. The molecule has 0 aliphatic rings. The van der Waals surface area contributed by atoms with Gasteiger partial charge in [-0.2, -0.15) is 0 Å². The van der Waals surface area contributed by atoms with Gasteiger partial charge in [0, 0.05) is 0 Å². The molecule has 0 aromatic rings. The van der Waals surface area contributed by atoms with E-state index >= 15 is 0 Å². The third-order valence-corrected chi connectivity index (χ3v) is 8.79. The van der Waals surface area contributed by atoms with E-state index < -0.39 is 0 Å². The summed E-state index contributed by atoms with van der Waals surface area (Å²) in [7, 11) is 0.422. The van der Waals surface area contributed by atoms with Crippen LogP contribution in [0.5, 0.6) is 0 Å². The number of halogens is 1. The van der Waals surface area contributed by atoms with E-state index in [9.17, 15) is 0 Å². The molecule has 0 aromatic heterocycles. The molecule has 0 spiro atoms. The normalized spacial score (nSPS) is 10.6. The van der Waals surface area contributed by atoms with Crippen LogP contribution < -0.4 is 0 Å². The molecule has 0 heterocycles. The van der Waals surface area contributed by atoms with E-state index in [1.807, 2.05) is 0 Å². The van der Waals surface area contributed by atoms with E-state index in [2.05, 4.69) is 34.6 Å². The van der Waals surface area contributed by atoms with E-state index in [0.29, 0.717) is 7.92 Å². The van der Waals surface area contributed by atoms with Gasteiger partial charge in [0.1, 0.15) is 0 Å². The molecule has 30 heavy (non-hydrogen) atoms. The third-order valence-electron chi connectivity index (χ3n) is 5.94. The fourth-order valence-corrected chi connectivity index (χ4v) is 6.71. The van der Waals surface area contributed by atoms with E-state index in [4.69, 9.17) is 0 Å². The zero-order chi connectivity index (χ0) is 21.8. The van der Waals surface area contributed by atoms with Crippen LogP contribution in [0.4, 0.5) is 0 Å². The van der Waals surface area contributed by atoms with Gasteiger partial charge < -0.3 is 0 Å². The summed E-state index contributed by atoms with van der Waals surface area (Å²) >= 11 is 0. The maximum atomic E-state index is 2.31. The fourth-order valence-electron chi connectivity index (χ4n) is 3.75. The highest BCUT2D eigenvalue weighted by atomic mass is 79.9. The summed E-state index contributed by atoms with van der Waals surface area (Å²) in [5, 5.41) is 0. The van der Waals surface area contributed by atoms with Crippen LogP contribution in [0.1, 0.15) is 163 Å². The van der Waals surface area contributed by atoms with E-state index in [-0.39, 0.29) is 17.0 Å². The Labute approximate surface area is 206 Å². The summed E-state index contributed by atoms with van der Waals surface area (Å²) in [5.41, 5.74) is 0. The van der Waals surface area contributed by atoms with Crippen LogP contribution in [-0.4, -0.2) is 18.5 Å². The van der Waals surface area contributed by atoms with Gasteiger partial charge in [0.15, 0.2) is 0 Å². The Bertz CT molecular complexity index is 224. The molecule has 0 N–H and O–H groups in total. The summed E-state index contributed by atoms with van der Waals surface area (Å²) in [6, 6.07) is 0. The first-order valence-electron chi connectivity index (χ1n) is 14.0. The van der Waals surface area contributed by atoms with Crippen LogP contribution in [-0.2, 0) is 0 Å². The van der Waals surface area contributed by atoms with Gasteiger partial charge in [0.05, 0.1) is 0 Å². The highest BCUT2D eigenvalue weighted by molar-refractivity contribution is 8.93. The van der Waals surface area contributed by atoms with Crippen LogP contribution in [0.25, 0.3) is 0 Å². The molecule has 0 atom stereocenters. The highest BCUT2D eigenvalue weighted by Crippen LogP contribution is 2.38. The van der Waals surface area contributed by atoms with Gasteiger partial charge in [-0.25, -0.2) is 0 Å². The summed E-state index contributed by atoms with van der Waals surface area (Å²) in [5.74, 6) is 0. The van der Waals surface area contributed by atoms with Gasteiger partial charge in [-0.3, -0.25) is 0 Å². The Morgan fingerprint density at radius 3 is 0.700 bits per heavy atom. The zero-order valence-electron chi connectivity index (χ0n) is 22.1. The van der Waals surface area contributed by atoms with Crippen molar-refractivity contribution in [2.45, 2.75) is 163 Å². The Hall–Kier alpha value is 0.910. The van der Waals surface area contributed by atoms with Gasteiger partial charge >= 0.3 is 0 Å². The first-order valence-corrected chi connectivity index (χ1v) is 15.9. The summed E-state index contributed by atoms with van der Waals surface area (Å²) in [4.78, 5) is 0. The van der Waals surface area contributed by atoms with Crippen LogP contribution >= 0.6 is 24.9 Å². The number of unbranched alkanes of at least 4 members (excludes halogenated alkanes) is 16. The van der Waals surface area contributed by atoms with E-state index in [0.717, 1.165) is 0 Å². The second kappa shape index (κ2) is 34.5. The van der Waals surface area contributed by atoms with Crippen LogP contribution in [0.3, 0.4) is 0 Å². The van der Waals surface area contributed by atoms with Gasteiger partial charge in [0.25, 0.3) is 0 Å². The van der Waals surface area contributed by atoms with Gasteiger partial charge in [0.2, 0.25) is 0 Å². The minimum absolute atomic E-state index is 0. The molecule has 0 saturated carbocycles. The SMILES string of the molecule is Br.CCCCCCCCCCCCCCCC.CCCCP(CCCC)CCCC. The molecule has 0 unspecified atom stereocenters. The Balaban J connectivity index is -0.000000480. The predicted molar refractivity (Wildman–Crippen MR) is 153 cm³/mol. The van der Waals surface area contributed by atoms with Crippen molar-refractivity contribution in [1.29, 1.82) is 0 Å². The number of rotatable bonds is 22. The van der Waals surface area contributed by atoms with Crippen LogP contribution in [0.2, 0.25) is 0 Å². The molecular weight excluding hydrogens is 447 g/mol. The summed E-state index contributed by atoms with van der Waals surface area (Å²) in [6.07, 6.45) is 33.6.